The van der Waals surface area contributed by atoms with Gasteiger partial charge < -0.3 is 27.3 Å². The monoisotopic (exact) mass is 712 g/mol. The lowest BCUT2D eigenvalue weighted by Crippen LogP contribution is -2.46. The number of alkyl halides is 1. The van der Waals surface area contributed by atoms with Crippen molar-refractivity contribution in [3.8, 4) is 0 Å². The Morgan fingerprint density at radius 1 is 1.32 bits per heavy atom. The molecule has 4 heterocycles. The number of halogens is 2. The smallest absolute Gasteiger partial charge is 0.379 e. The highest BCUT2D eigenvalue weighted by Crippen LogP contribution is 2.65. The summed E-state index contributed by atoms with van der Waals surface area (Å²) in [5.74, 6) is 0. The Morgan fingerprint density at radius 3 is 2.81 bits per heavy atom. The lowest BCUT2D eigenvalue weighted by molar-refractivity contribution is -0.128. The minimum atomic E-state index is -2.99. The van der Waals surface area contributed by atoms with Crippen molar-refractivity contribution >= 4 is 54.7 Å². The van der Waals surface area contributed by atoms with Crippen LogP contribution in [0.2, 0.25) is 0 Å². The lowest BCUT2D eigenvalue weighted by atomic mass is 9.92. The number of fused-ring (bicyclic) bond motifs is 2. The van der Waals surface area contributed by atoms with E-state index in [0.29, 0.717) is 6.61 Å². The number of nitrogens with one attached hydrogen (secondary N) is 1. The zero-order chi connectivity index (χ0) is 26.0. The van der Waals surface area contributed by atoms with Gasteiger partial charge in [-0.05, 0) is 24.9 Å². The normalized spacial score (nSPS) is 39.7. The van der Waals surface area contributed by atoms with Gasteiger partial charge in [-0.2, -0.15) is 13.6 Å². The third-order valence-corrected chi connectivity index (χ3v) is 10.2. The van der Waals surface area contributed by atoms with Crippen LogP contribution in [0.4, 0.5) is 0 Å². The number of hydrogen-bond acceptors (Lipinski definition) is 9. The number of methoxy groups -OCH3 is 1. The first-order valence-electron chi connectivity index (χ1n) is 12.6. The average molecular weight is 713 g/mol. The minimum absolute atomic E-state index is 0.0909. The Kier molecular flexibility index (Phi) is 9.91. The molecule has 0 aromatic heterocycles. The van der Waals surface area contributed by atoms with Crippen molar-refractivity contribution in [1.82, 2.24) is 5.32 Å². The van der Waals surface area contributed by atoms with Crippen LogP contribution in [0, 0.1) is 0 Å². The predicted molar refractivity (Wildman–Crippen MR) is 151 cm³/mol. The Bertz CT molecular complexity index is 894. The Labute approximate surface area is 243 Å². The van der Waals surface area contributed by atoms with Gasteiger partial charge in [0, 0.05) is 25.6 Å². The number of hydrogen-bond donors (Lipinski definition) is 1. The molecule has 6 unspecified atom stereocenters. The maximum Gasteiger partial charge on any atom is 0.409 e. The summed E-state index contributed by atoms with van der Waals surface area (Å²) in [4.78, 5) is 0. The van der Waals surface area contributed by atoms with E-state index in [4.69, 9.17) is 43.4 Å². The van der Waals surface area contributed by atoms with E-state index in [1.807, 2.05) is 47.9 Å². The molecule has 10 atom stereocenters. The zero-order valence-corrected chi connectivity index (χ0v) is 25.6. The van der Waals surface area contributed by atoms with Gasteiger partial charge in [-0.15, -0.1) is 0 Å². The SMILES string of the molecule is [B][C@@H]1OC2(COI)COC1C2O[P+](C)(OC[C@H]1O[C@@H](Br)CC1OC)OC(c1ccccc1)[C@@H]1CCCN1. The molecule has 1 N–H and O–H groups in total. The lowest BCUT2D eigenvalue weighted by Gasteiger charge is -2.32. The number of rotatable bonds is 12. The van der Waals surface area contributed by atoms with Crippen LogP contribution in [-0.2, 0) is 35.6 Å². The molecule has 13 heteroatoms. The second-order valence-electron chi connectivity index (χ2n) is 10.0. The van der Waals surface area contributed by atoms with Crippen molar-refractivity contribution in [2.24, 2.45) is 0 Å². The zero-order valence-electron chi connectivity index (χ0n) is 21.0. The Balaban J connectivity index is 1.41. The van der Waals surface area contributed by atoms with Crippen LogP contribution in [-0.4, -0.2) is 95.1 Å². The standard InChI is InChI=1S/C24H34BBrINO8P/c1-29-17-11-19(26)33-18(17)12-32-37(2,36-22-21-23(25)34-24(22,13-30-21)14-31-27)35-20(16-9-6-10-28-16)15-7-4-3-5-8-15/h3-5,7-8,16-23,28H,6,9-14H2,1-2H3/q+1/t16-,17?,18+,19+,20?,21?,22?,23+,24?,37?/m0/s1. The van der Waals surface area contributed by atoms with Gasteiger partial charge >= 0.3 is 7.94 Å². The fourth-order valence-electron chi connectivity index (χ4n) is 5.57. The minimum Gasteiger partial charge on any atom is -0.379 e. The van der Waals surface area contributed by atoms with Gasteiger partial charge in [0.15, 0.2) is 6.10 Å². The van der Waals surface area contributed by atoms with Crippen LogP contribution in [0.3, 0.4) is 0 Å². The maximum atomic E-state index is 6.91. The molecule has 37 heavy (non-hydrogen) atoms. The van der Waals surface area contributed by atoms with E-state index in [-0.39, 0.29) is 42.6 Å². The summed E-state index contributed by atoms with van der Waals surface area (Å²) in [5, 5.41) is 3.50. The van der Waals surface area contributed by atoms with E-state index in [1.54, 1.807) is 7.11 Å². The second kappa shape index (κ2) is 12.6. The molecule has 2 radical (unpaired) electrons. The molecule has 1 aromatic carbocycles. The molecule has 2 bridgehead atoms. The van der Waals surface area contributed by atoms with E-state index in [1.165, 1.54) is 0 Å². The van der Waals surface area contributed by atoms with Gasteiger partial charge in [0.2, 0.25) is 0 Å². The Hall–Kier alpha value is 0.565. The second-order valence-corrected chi connectivity index (χ2v) is 13.9. The summed E-state index contributed by atoms with van der Waals surface area (Å²) in [5.41, 5.74) is 0.240. The summed E-state index contributed by atoms with van der Waals surface area (Å²) < 4.78 is 49.5. The van der Waals surface area contributed by atoms with Gasteiger partial charge in [0.25, 0.3) is 0 Å². The van der Waals surface area contributed by atoms with E-state index in [0.717, 1.165) is 31.4 Å². The van der Waals surface area contributed by atoms with E-state index in [9.17, 15) is 0 Å². The molecule has 0 spiro atoms. The Morgan fingerprint density at radius 2 is 2.14 bits per heavy atom. The van der Waals surface area contributed by atoms with Crippen LogP contribution in [0.5, 0.6) is 0 Å². The number of benzene rings is 1. The molecule has 9 nitrogen and oxygen atoms in total. The third-order valence-electron chi connectivity index (χ3n) is 7.46. The van der Waals surface area contributed by atoms with Gasteiger partial charge in [-0.25, -0.2) is 0 Å². The van der Waals surface area contributed by atoms with Crippen molar-refractivity contribution in [2.75, 3.05) is 40.1 Å². The van der Waals surface area contributed by atoms with Gasteiger partial charge in [0.1, 0.15) is 73.0 Å². The topological polar surface area (TPSA) is 85.9 Å². The molecule has 4 aliphatic heterocycles. The fourth-order valence-corrected chi connectivity index (χ4v) is 8.73. The predicted octanol–water partition coefficient (Wildman–Crippen LogP) is 3.84. The van der Waals surface area contributed by atoms with Crippen molar-refractivity contribution in [1.29, 1.82) is 0 Å². The van der Waals surface area contributed by atoms with Crippen LogP contribution in [0.25, 0.3) is 0 Å². The van der Waals surface area contributed by atoms with E-state index < -0.39 is 31.8 Å². The first kappa shape index (κ1) is 29.1. The molecule has 4 fully saturated rings. The van der Waals surface area contributed by atoms with Crippen molar-refractivity contribution < 1.29 is 35.6 Å². The van der Waals surface area contributed by atoms with Gasteiger partial charge in [0.05, 0.1) is 19.3 Å². The molecule has 4 aliphatic rings. The fraction of sp³-hybridized carbons (Fsp3) is 0.750. The summed E-state index contributed by atoms with van der Waals surface area (Å²) in [6.45, 7) is 3.71. The molecular weight excluding hydrogens is 679 g/mol. The molecule has 0 amide bonds. The first-order valence-corrected chi connectivity index (χ1v) is 16.4. The quantitative estimate of drug-likeness (QED) is 0.151. The van der Waals surface area contributed by atoms with Crippen molar-refractivity contribution in [2.45, 2.75) is 72.4 Å². The molecular formula is C24H34BBrINO8P+. The summed E-state index contributed by atoms with van der Waals surface area (Å²) in [6, 6.07) is 9.73. The highest BCUT2D eigenvalue weighted by atomic mass is 127. The number of ether oxygens (including phenoxy) is 4. The summed E-state index contributed by atoms with van der Waals surface area (Å²) >= 11 is 5.40. The van der Waals surface area contributed by atoms with Crippen LogP contribution < -0.4 is 5.32 Å². The van der Waals surface area contributed by atoms with Crippen molar-refractivity contribution in [3.05, 3.63) is 35.9 Å². The third kappa shape index (κ3) is 6.41. The van der Waals surface area contributed by atoms with Crippen molar-refractivity contribution in [3.63, 3.8) is 0 Å². The van der Waals surface area contributed by atoms with E-state index >= 15 is 0 Å². The molecule has 204 valence electrons. The largest absolute Gasteiger partial charge is 0.409 e. The molecule has 5 rings (SSSR count). The van der Waals surface area contributed by atoms with E-state index in [2.05, 4.69) is 33.4 Å². The van der Waals surface area contributed by atoms with Crippen LogP contribution >= 0.6 is 46.9 Å². The van der Waals surface area contributed by atoms with Gasteiger partial charge in [-0.1, -0.05) is 46.3 Å². The maximum absolute atomic E-state index is 6.91. The molecule has 1 aromatic rings. The first-order chi connectivity index (χ1) is 17.9. The summed E-state index contributed by atoms with van der Waals surface area (Å²) in [7, 11) is 4.95. The molecule has 0 aliphatic carbocycles. The average Bonchev–Trinajstić information content (AvgIpc) is 3.66. The molecule has 0 saturated carbocycles. The van der Waals surface area contributed by atoms with Crippen LogP contribution in [0.15, 0.2) is 30.3 Å². The van der Waals surface area contributed by atoms with Crippen LogP contribution in [0.1, 0.15) is 30.9 Å². The summed E-state index contributed by atoms with van der Waals surface area (Å²) in [6.07, 6.45) is 1.25. The highest BCUT2D eigenvalue weighted by Gasteiger charge is 2.66. The molecule has 4 saturated heterocycles. The highest BCUT2D eigenvalue weighted by molar-refractivity contribution is 14.1. The van der Waals surface area contributed by atoms with Gasteiger partial charge in [-0.3, -0.25) is 0 Å².